The second-order valence-electron chi connectivity index (χ2n) is 6.14. The van der Waals surface area contributed by atoms with E-state index in [0.29, 0.717) is 12.0 Å². The summed E-state index contributed by atoms with van der Waals surface area (Å²) in [5, 5.41) is 3.55. The summed E-state index contributed by atoms with van der Waals surface area (Å²) in [7, 11) is 2.10. The third-order valence-corrected chi connectivity index (χ3v) is 4.89. The largest absolute Gasteiger partial charge is 0.313 e. The fourth-order valence-electron chi connectivity index (χ4n) is 3.65. The minimum atomic E-state index is 0.487. The van der Waals surface area contributed by atoms with Crippen LogP contribution in [0.1, 0.15) is 41.6 Å². The van der Waals surface area contributed by atoms with Crippen molar-refractivity contribution in [2.45, 2.75) is 38.6 Å². The van der Waals surface area contributed by atoms with Crippen LogP contribution in [0, 0.1) is 5.92 Å². The molecule has 0 saturated carbocycles. The van der Waals surface area contributed by atoms with Gasteiger partial charge in [0.15, 0.2) is 0 Å². The average Bonchev–Trinajstić information content (AvgIpc) is 2.55. The number of hydrogen-bond donors (Lipinski definition) is 1. The van der Waals surface area contributed by atoms with Crippen LogP contribution < -0.4 is 5.32 Å². The first-order chi connectivity index (χ1) is 10.3. The lowest BCUT2D eigenvalue weighted by molar-refractivity contribution is 0.335. The zero-order chi connectivity index (χ0) is 14.7. The van der Waals surface area contributed by atoms with E-state index < -0.39 is 0 Å². The van der Waals surface area contributed by atoms with Crippen molar-refractivity contribution in [3.05, 3.63) is 70.8 Å². The van der Waals surface area contributed by atoms with Gasteiger partial charge in [0.2, 0.25) is 0 Å². The van der Waals surface area contributed by atoms with Crippen LogP contribution in [0.4, 0.5) is 0 Å². The first kappa shape index (κ1) is 14.3. The van der Waals surface area contributed by atoms with Crippen molar-refractivity contribution in [3.8, 4) is 0 Å². The van der Waals surface area contributed by atoms with Gasteiger partial charge in [-0.05, 0) is 60.9 Å². The van der Waals surface area contributed by atoms with Crippen LogP contribution in [0.25, 0.3) is 0 Å². The molecule has 0 spiro atoms. The van der Waals surface area contributed by atoms with E-state index in [1.54, 1.807) is 0 Å². The van der Waals surface area contributed by atoms with Gasteiger partial charge >= 0.3 is 0 Å². The molecule has 0 aliphatic heterocycles. The van der Waals surface area contributed by atoms with Gasteiger partial charge in [-0.15, -0.1) is 0 Å². The van der Waals surface area contributed by atoms with Gasteiger partial charge in [-0.25, -0.2) is 0 Å². The number of aryl methyl sites for hydroxylation is 2. The van der Waals surface area contributed by atoms with Crippen molar-refractivity contribution >= 4 is 0 Å². The fourth-order valence-corrected chi connectivity index (χ4v) is 3.65. The van der Waals surface area contributed by atoms with Crippen molar-refractivity contribution in [2.75, 3.05) is 7.05 Å². The van der Waals surface area contributed by atoms with Gasteiger partial charge < -0.3 is 5.32 Å². The molecule has 0 heterocycles. The fraction of sp³-hybridized carbons (Fsp3) is 0.400. The van der Waals surface area contributed by atoms with Gasteiger partial charge in [-0.1, -0.05) is 55.5 Å². The Kier molecular flexibility index (Phi) is 4.40. The Morgan fingerprint density at radius 1 is 1.00 bits per heavy atom. The van der Waals surface area contributed by atoms with E-state index in [4.69, 9.17) is 0 Å². The molecule has 3 rings (SSSR count). The molecular weight excluding hydrogens is 254 g/mol. The maximum atomic E-state index is 3.55. The van der Waals surface area contributed by atoms with E-state index in [-0.39, 0.29) is 0 Å². The lowest BCUT2D eigenvalue weighted by Crippen LogP contribution is -2.31. The predicted molar refractivity (Wildman–Crippen MR) is 89.6 cm³/mol. The van der Waals surface area contributed by atoms with Crippen LogP contribution in [-0.4, -0.2) is 7.05 Å². The van der Waals surface area contributed by atoms with E-state index in [0.717, 1.165) is 6.42 Å². The van der Waals surface area contributed by atoms with Crippen molar-refractivity contribution in [2.24, 2.45) is 5.92 Å². The normalized spacial score (nSPS) is 21.0. The topological polar surface area (TPSA) is 12.0 Å². The second-order valence-corrected chi connectivity index (χ2v) is 6.14. The lowest BCUT2D eigenvalue weighted by Gasteiger charge is -2.33. The highest BCUT2D eigenvalue weighted by molar-refractivity contribution is 5.34. The predicted octanol–water partition coefficient (Wildman–Crippen LogP) is 4.31. The van der Waals surface area contributed by atoms with Gasteiger partial charge in [-0.2, -0.15) is 0 Å². The smallest absolute Gasteiger partial charge is 0.0352 e. The summed E-state index contributed by atoms with van der Waals surface area (Å²) < 4.78 is 0. The summed E-state index contributed by atoms with van der Waals surface area (Å²) in [6.07, 6.45) is 4.78. The van der Waals surface area contributed by atoms with E-state index in [1.807, 2.05) is 0 Å². The SMILES string of the molecule is CCc1ccc(CC2CCc3ccccc3C2NC)cc1. The van der Waals surface area contributed by atoms with E-state index in [1.165, 1.54) is 41.5 Å². The minimum Gasteiger partial charge on any atom is -0.313 e. The van der Waals surface area contributed by atoms with Crippen LogP contribution in [0.15, 0.2) is 48.5 Å². The monoisotopic (exact) mass is 279 g/mol. The third-order valence-electron chi connectivity index (χ3n) is 4.89. The Morgan fingerprint density at radius 3 is 2.43 bits per heavy atom. The third kappa shape index (κ3) is 3.03. The number of hydrogen-bond acceptors (Lipinski definition) is 1. The second kappa shape index (κ2) is 6.44. The van der Waals surface area contributed by atoms with Gasteiger partial charge in [0, 0.05) is 6.04 Å². The molecule has 0 fully saturated rings. The van der Waals surface area contributed by atoms with Crippen molar-refractivity contribution in [1.29, 1.82) is 0 Å². The van der Waals surface area contributed by atoms with Gasteiger partial charge in [0.25, 0.3) is 0 Å². The molecule has 1 aliphatic rings. The molecule has 1 N–H and O–H groups in total. The summed E-state index contributed by atoms with van der Waals surface area (Å²) in [5.41, 5.74) is 5.92. The summed E-state index contributed by atoms with van der Waals surface area (Å²) in [4.78, 5) is 0. The zero-order valence-electron chi connectivity index (χ0n) is 13.1. The zero-order valence-corrected chi connectivity index (χ0v) is 13.1. The van der Waals surface area contributed by atoms with Crippen LogP contribution in [0.2, 0.25) is 0 Å². The molecule has 21 heavy (non-hydrogen) atoms. The van der Waals surface area contributed by atoms with Crippen LogP contribution in [-0.2, 0) is 19.3 Å². The highest BCUT2D eigenvalue weighted by atomic mass is 14.9. The van der Waals surface area contributed by atoms with E-state index in [2.05, 4.69) is 67.8 Å². The quantitative estimate of drug-likeness (QED) is 0.879. The molecule has 1 heteroatoms. The van der Waals surface area contributed by atoms with E-state index >= 15 is 0 Å². The molecule has 2 atom stereocenters. The van der Waals surface area contributed by atoms with Crippen LogP contribution >= 0.6 is 0 Å². The molecular formula is C20H25N. The molecule has 0 radical (unpaired) electrons. The highest BCUT2D eigenvalue weighted by Gasteiger charge is 2.28. The molecule has 0 aromatic heterocycles. The number of benzene rings is 2. The molecule has 0 amide bonds. The Hall–Kier alpha value is -1.60. The lowest BCUT2D eigenvalue weighted by atomic mass is 9.77. The van der Waals surface area contributed by atoms with Gasteiger partial charge in [0.05, 0.1) is 0 Å². The molecule has 1 aliphatic carbocycles. The van der Waals surface area contributed by atoms with Crippen LogP contribution in [0.5, 0.6) is 0 Å². The molecule has 2 unspecified atom stereocenters. The summed E-state index contributed by atoms with van der Waals surface area (Å²) >= 11 is 0. The van der Waals surface area contributed by atoms with Crippen molar-refractivity contribution < 1.29 is 0 Å². The molecule has 2 aromatic carbocycles. The summed E-state index contributed by atoms with van der Waals surface area (Å²) in [5.74, 6) is 0.692. The first-order valence-corrected chi connectivity index (χ1v) is 8.14. The maximum absolute atomic E-state index is 3.55. The number of rotatable bonds is 4. The highest BCUT2D eigenvalue weighted by Crippen LogP contribution is 2.36. The Morgan fingerprint density at radius 2 is 1.71 bits per heavy atom. The van der Waals surface area contributed by atoms with Crippen LogP contribution in [0.3, 0.4) is 0 Å². The molecule has 0 bridgehead atoms. The van der Waals surface area contributed by atoms with E-state index in [9.17, 15) is 0 Å². The Labute approximate surface area is 128 Å². The summed E-state index contributed by atoms with van der Waals surface area (Å²) in [6, 6.07) is 18.6. The molecule has 110 valence electrons. The number of nitrogens with one attached hydrogen (secondary N) is 1. The number of fused-ring (bicyclic) bond motifs is 1. The molecule has 2 aromatic rings. The van der Waals surface area contributed by atoms with Crippen molar-refractivity contribution in [3.63, 3.8) is 0 Å². The molecule has 0 saturated heterocycles. The Bertz CT molecular complexity index is 585. The van der Waals surface area contributed by atoms with Gasteiger partial charge in [-0.3, -0.25) is 0 Å². The average molecular weight is 279 g/mol. The van der Waals surface area contributed by atoms with Crippen molar-refractivity contribution in [1.82, 2.24) is 5.32 Å². The summed E-state index contributed by atoms with van der Waals surface area (Å²) in [6.45, 7) is 2.21. The first-order valence-electron chi connectivity index (χ1n) is 8.14. The maximum Gasteiger partial charge on any atom is 0.0352 e. The van der Waals surface area contributed by atoms with Gasteiger partial charge in [0.1, 0.15) is 0 Å². The minimum absolute atomic E-state index is 0.487. The Balaban J connectivity index is 1.79. The molecule has 1 nitrogen and oxygen atoms in total. The standard InChI is InChI=1S/C20H25N/c1-3-15-8-10-16(11-9-15)14-18-13-12-17-6-4-5-7-19(17)20(18)21-2/h4-11,18,20-21H,3,12-14H2,1-2H3.